The Balaban J connectivity index is 1.64. The summed E-state index contributed by atoms with van der Waals surface area (Å²) in [6, 6.07) is 20.1. The lowest BCUT2D eigenvalue weighted by molar-refractivity contribution is 0.275. The zero-order valence-corrected chi connectivity index (χ0v) is 23.3. The van der Waals surface area contributed by atoms with Gasteiger partial charge in [0.05, 0.1) is 0 Å². The second kappa shape index (κ2) is 14.3. The van der Waals surface area contributed by atoms with Crippen LogP contribution in [-0.2, 0) is 18.3 Å². The standard InChI is InChI=1S/C34H48N2/c1-6-16-30-17-14-18-31(25-30)19-15-24-36(5)27-29(7-2)26-35-28(3)34(4,32-20-10-8-11-21-32)33-22-12-9-13-23-33/h7-8,10-11,14,17-18,20-21,25-26,33H,2,6,9,12-13,15-16,19,22-24,27H2,1,3-5H3/b29-26+,35-28?. The number of nitrogens with zero attached hydrogens (tertiary/aromatic N) is 2. The number of aryl methyl sites for hydroxylation is 2. The van der Waals surface area contributed by atoms with E-state index in [1.165, 1.54) is 72.9 Å². The molecule has 2 aromatic carbocycles. The normalized spacial score (nSPS) is 17.2. The first-order valence-electron chi connectivity index (χ1n) is 14.2. The van der Waals surface area contributed by atoms with E-state index >= 15 is 0 Å². The Hall–Kier alpha value is -2.45. The van der Waals surface area contributed by atoms with E-state index < -0.39 is 0 Å². The van der Waals surface area contributed by atoms with Gasteiger partial charge in [-0.2, -0.15) is 0 Å². The van der Waals surface area contributed by atoms with Crippen LogP contribution in [0.2, 0.25) is 0 Å². The second-order valence-electron chi connectivity index (χ2n) is 10.9. The van der Waals surface area contributed by atoms with E-state index in [-0.39, 0.29) is 5.41 Å². The molecular formula is C34H48N2. The fourth-order valence-electron chi connectivity index (χ4n) is 5.85. The minimum absolute atomic E-state index is 0.0251. The van der Waals surface area contributed by atoms with Crippen molar-refractivity contribution in [1.82, 2.24) is 4.90 Å². The molecule has 0 aromatic heterocycles. The van der Waals surface area contributed by atoms with Gasteiger partial charge in [-0.25, -0.2) is 0 Å². The number of hydrogen-bond acceptors (Lipinski definition) is 2. The molecule has 1 unspecified atom stereocenters. The lowest BCUT2D eigenvalue weighted by atomic mass is 9.64. The van der Waals surface area contributed by atoms with Gasteiger partial charge in [0.15, 0.2) is 0 Å². The van der Waals surface area contributed by atoms with Gasteiger partial charge in [0.1, 0.15) is 0 Å². The first kappa shape index (κ1) is 28.1. The predicted octanol–water partition coefficient (Wildman–Crippen LogP) is 8.57. The van der Waals surface area contributed by atoms with Crippen LogP contribution in [0.5, 0.6) is 0 Å². The van der Waals surface area contributed by atoms with Gasteiger partial charge in [-0.1, -0.05) is 99.9 Å². The van der Waals surface area contributed by atoms with Crippen LogP contribution in [0.1, 0.15) is 82.4 Å². The smallest absolute Gasteiger partial charge is 0.0333 e. The third-order valence-electron chi connectivity index (χ3n) is 8.22. The van der Waals surface area contributed by atoms with Gasteiger partial charge >= 0.3 is 0 Å². The van der Waals surface area contributed by atoms with Crippen molar-refractivity contribution < 1.29 is 0 Å². The average molecular weight is 485 g/mol. The minimum atomic E-state index is -0.0251. The number of rotatable bonds is 13. The first-order chi connectivity index (χ1) is 17.5. The van der Waals surface area contributed by atoms with E-state index in [0.717, 1.165) is 25.9 Å². The molecule has 1 fully saturated rings. The SMILES string of the molecule is C=C/C(=C\N=C(C)C(C)(c1ccccc1)C1CCCCC1)CN(C)CCCc1cccc(CCC)c1. The largest absolute Gasteiger partial charge is 0.302 e. The van der Waals surface area contributed by atoms with Gasteiger partial charge in [-0.05, 0) is 87.7 Å². The topological polar surface area (TPSA) is 15.6 Å². The summed E-state index contributed by atoms with van der Waals surface area (Å²) in [5.41, 5.74) is 6.69. The van der Waals surface area contributed by atoms with E-state index in [4.69, 9.17) is 4.99 Å². The summed E-state index contributed by atoms with van der Waals surface area (Å²) < 4.78 is 0. The molecule has 2 aromatic rings. The lowest BCUT2D eigenvalue weighted by Crippen LogP contribution is -2.40. The summed E-state index contributed by atoms with van der Waals surface area (Å²) in [7, 11) is 2.21. The molecule has 1 saturated carbocycles. The predicted molar refractivity (Wildman–Crippen MR) is 158 cm³/mol. The molecular weight excluding hydrogens is 436 g/mol. The van der Waals surface area contributed by atoms with E-state index in [1.807, 2.05) is 6.08 Å². The summed E-state index contributed by atoms with van der Waals surface area (Å²) >= 11 is 0. The number of benzene rings is 2. The Morgan fingerprint density at radius 3 is 2.39 bits per heavy atom. The van der Waals surface area contributed by atoms with Crippen LogP contribution in [-0.4, -0.2) is 30.7 Å². The molecule has 0 heterocycles. The molecule has 0 saturated heterocycles. The van der Waals surface area contributed by atoms with E-state index in [0.29, 0.717) is 5.92 Å². The fourth-order valence-corrected chi connectivity index (χ4v) is 5.85. The van der Waals surface area contributed by atoms with Crippen LogP contribution in [0.25, 0.3) is 0 Å². The van der Waals surface area contributed by atoms with Crippen molar-refractivity contribution in [3.05, 3.63) is 95.7 Å². The van der Waals surface area contributed by atoms with Crippen molar-refractivity contribution >= 4 is 5.71 Å². The molecule has 1 aliphatic carbocycles. The quantitative estimate of drug-likeness (QED) is 0.205. The molecule has 0 amide bonds. The van der Waals surface area contributed by atoms with Crippen LogP contribution >= 0.6 is 0 Å². The molecule has 1 aliphatic rings. The van der Waals surface area contributed by atoms with Gasteiger partial charge in [0, 0.05) is 23.9 Å². The number of hydrogen-bond donors (Lipinski definition) is 0. The third kappa shape index (κ3) is 7.77. The Morgan fingerprint density at radius 1 is 1.03 bits per heavy atom. The summed E-state index contributed by atoms with van der Waals surface area (Å²) in [4.78, 5) is 7.48. The Bertz CT molecular complexity index is 997. The van der Waals surface area contributed by atoms with Crippen LogP contribution in [0.3, 0.4) is 0 Å². The Labute approximate surface area is 221 Å². The fraction of sp³-hybridized carbons (Fsp3) is 0.500. The highest BCUT2D eigenvalue weighted by molar-refractivity contribution is 5.93. The molecule has 194 valence electrons. The van der Waals surface area contributed by atoms with Gasteiger partial charge in [0.25, 0.3) is 0 Å². The van der Waals surface area contributed by atoms with Crippen LogP contribution in [0.15, 0.2) is 84.0 Å². The van der Waals surface area contributed by atoms with Gasteiger partial charge in [0.2, 0.25) is 0 Å². The first-order valence-corrected chi connectivity index (χ1v) is 14.2. The van der Waals surface area contributed by atoms with E-state index in [1.54, 1.807) is 0 Å². The molecule has 3 rings (SSSR count). The van der Waals surface area contributed by atoms with Crippen molar-refractivity contribution in [3.63, 3.8) is 0 Å². The van der Waals surface area contributed by atoms with E-state index in [9.17, 15) is 0 Å². The highest BCUT2D eigenvalue weighted by Gasteiger charge is 2.38. The average Bonchev–Trinajstić information content (AvgIpc) is 2.91. The van der Waals surface area contributed by atoms with Crippen molar-refractivity contribution in [2.75, 3.05) is 20.1 Å². The summed E-state index contributed by atoms with van der Waals surface area (Å²) in [6.45, 7) is 12.9. The van der Waals surface area contributed by atoms with Gasteiger partial charge < -0.3 is 4.90 Å². The molecule has 0 aliphatic heterocycles. The van der Waals surface area contributed by atoms with E-state index in [2.05, 4.69) is 100 Å². The maximum absolute atomic E-state index is 5.08. The summed E-state index contributed by atoms with van der Waals surface area (Å²) in [5, 5.41) is 0. The van der Waals surface area contributed by atoms with Crippen molar-refractivity contribution in [2.24, 2.45) is 10.9 Å². The molecule has 0 spiro atoms. The molecule has 0 N–H and O–H groups in total. The molecule has 0 radical (unpaired) electrons. The Morgan fingerprint density at radius 2 is 1.72 bits per heavy atom. The summed E-state index contributed by atoms with van der Waals surface area (Å²) in [6.07, 6.45) is 15.3. The minimum Gasteiger partial charge on any atom is -0.302 e. The zero-order valence-electron chi connectivity index (χ0n) is 23.3. The molecule has 2 heteroatoms. The maximum atomic E-state index is 5.08. The Kier molecular flexibility index (Phi) is 11.2. The maximum Gasteiger partial charge on any atom is 0.0333 e. The van der Waals surface area contributed by atoms with Crippen molar-refractivity contribution in [3.8, 4) is 0 Å². The molecule has 2 nitrogen and oxygen atoms in total. The number of likely N-dealkylation sites (N-methyl/N-ethyl adjacent to an activating group) is 1. The highest BCUT2D eigenvalue weighted by Crippen LogP contribution is 2.42. The van der Waals surface area contributed by atoms with Crippen molar-refractivity contribution in [2.45, 2.75) is 84.0 Å². The molecule has 1 atom stereocenters. The summed E-state index contributed by atoms with van der Waals surface area (Å²) in [5.74, 6) is 0.650. The lowest BCUT2D eigenvalue weighted by Gasteiger charge is -2.40. The van der Waals surface area contributed by atoms with Gasteiger partial charge in [-0.3, -0.25) is 4.99 Å². The number of aliphatic imine (C=N–C) groups is 1. The molecule has 0 bridgehead atoms. The van der Waals surface area contributed by atoms with Crippen LogP contribution in [0.4, 0.5) is 0 Å². The van der Waals surface area contributed by atoms with Crippen LogP contribution in [0, 0.1) is 5.92 Å². The second-order valence-corrected chi connectivity index (χ2v) is 10.9. The highest BCUT2D eigenvalue weighted by atomic mass is 15.1. The molecule has 36 heavy (non-hydrogen) atoms. The monoisotopic (exact) mass is 484 g/mol. The zero-order chi connectivity index (χ0) is 25.8. The third-order valence-corrected chi connectivity index (χ3v) is 8.22. The van der Waals surface area contributed by atoms with Crippen LogP contribution < -0.4 is 0 Å². The van der Waals surface area contributed by atoms with Crippen molar-refractivity contribution in [1.29, 1.82) is 0 Å². The van der Waals surface area contributed by atoms with Gasteiger partial charge in [-0.15, -0.1) is 0 Å².